The van der Waals surface area contributed by atoms with Crippen molar-refractivity contribution in [2.24, 2.45) is 0 Å². The lowest BCUT2D eigenvalue weighted by Gasteiger charge is -2.20. The van der Waals surface area contributed by atoms with Crippen molar-refractivity contribution in [3.63, 3.8) is 0 Å². The van der Waals surface area contributed by atoms with E-state index < -0.39 is 5.60 Å². The third kappa shape index (κ3) is 2.29. The predicted octanol–water partition coefficient (Wildman–Crippen LogP) is 1.93. The molecule has 5 nitrogen and oxygen atoms in total. The first-order chi connectivity index (χ1) is 8.03. The van der Waals surface area contributed by atoms with Crippen LogP contribution in [0.25, 0.3) is 11.0 Å². The average molecular weight is 233 g/mol. The summed E-state index contributed by atoms with van der Waals surface area (Å²) in [6, 6.07) is 7.58. The molecule has 1 heterocycles. The highest BCUT2D eigenvalue weighted by Crippen LogP contribution is 2.15. The number of carbonyl (C=O) groups is 1. The van der Waals surface area contributed by atoms with Crippen LogP contribution in [0.5, 0.6) is 0 Å². The fourth-order valence-electron chi connectivity index (χ4n) is 1.36. The van der Waals surface area contributed by atoms with Gasteiger partial charge in [-0.1, -0.05) is 12.1 Å². The van der Waals surface area contributed by atoms with Crippen molar-refractivity contribution in [2.75, 3.05) is 12.4 Å². The fraction of sp³-hybridized carbons (Fsp3) is 0.333. The van der Waals surface area contributed by atoms with Gasteiger partial charge in [-0.05, 0) is 26.0 Å². The number of para-hydroxylation sites is 2. The molecule has 0 unspecified atom stereocenters. The molecular weight excluding hydrogens is 218 g/mol. The standard InChI is InChI=1S/C12H15N3O2/c1-12(2,17-3)10(16)15-11-13-8-6-4-5-7-9(8)14-11/h4-7H,1-3H3,(H2,13,14,15,16). The van der Waals surface area contributed by atoms with Crippen LogP contribution in [0.4, 0.5) is 5.95 Å². The summed E-state index contributed by atoms with van der Waals surface area (Å²) in [7, 11) is 1.50. The quantitative estimate of drug-likeness (QED) is 0.851. The van der Waals surface area contributed by atoms with Crippen LogP contribution in [0.3, 0.4) is 0 Å². The minimum atomic E-state index is -0.876. The summed E-state index contributed by atoms with van der Waals surface area (Å²) in [5.74, 6) is 0.195. The maximum Gasteiger partial charge on any atom is 0.258 e. The Morgan fingerprint density at radius 2 is 2.12 bits per heavy atom. The number of aromatic amines is 1. The number of ether oxygens (including phenoxy) is 1. The fourth-order valence-corrected chi connectivity index (χ4v) is 1.36. The van der Waals surface area contributed by atoms with Gasteiger partial charge in [-0.2, -0.15) is 0 Å². The van der Waals surface area contributed by atoms with Crippen molar-refractivity contribution in [1.82, 2.24) is 9.97 Å². The van der Waals surface area contributed by atoms with E-state index in [0.29, 0.717) is 5.95 Å². The van der Waals surface area contributed by atoms with Crippen LogP contribution in [-0.2, 0) is 9.53 Å². The Morgan fingerprint density at radius 1 is 1.41 bits per heavy atom. The highest BCUT2D eigenvalue weighted by molar-refractivity contribution is 5.96. The Hall–Kier alpha value is -1.88. The number of rotatable bonds is 3. The maximum atomic E-state index is 11.8. The molecule has 0 aliphatic rings. The number of hydrogen-bond acceptors (Lipinski definition) is 3. The van der Waals surface area contributed by atoms with Crippen LogP contribution in [0.1, 0.15) is 13.8 Å². The second-order valence-electron chi connectivity index (χ2n) is 4.27. The first-order valence-electron chi connectivity index (χ1n) is 5.34. The number of nitrogens with zero attached hydrogens (tertiary/aromatic N) is 1. The number of benzene rings is 1. The van der Waals surface area contributed by atoms with E-state index >= 15 is 0 Å². The smallest absolute Gasteiger partial charge is 0.258 e. The minimum absolute atomic E-state index is 0.237. The molecule has 0 fully saturated rings. The number of H-pyrrole nitrogens is 1. The third-order valence-electron chi connectivity index (χ3n) is 2.68. The molecule has 0 bridgehead atoms. The summed E-state index contributed by atoms with van der Waals surface area (Å²) in [4.78, 5) is 19.1. The summed E-state index contributed by atoms with van der Waals surface area (Å²) < 4.78 is 5.09. The molecule has 5 heteroatoms. The third-order valence-corrected chi connectivity index (χ3v) is 2.68. The molecule has 17 heavy (non-hydrogen) atoms. The minimum Gasteiger partial charge on any atom is -0.369 e. The number of fused-ring (bicyclic) bond motifs is 1. The van der Waals surface area contributed by atoms with E-state index in [2.05, 4.69) is 15.3 Å². The Morgan fingerprint density at radius 3 is 2.76 bits per heavy atom. The molecule has 0 aliphatic carbocycles. The van der Waals surface area contributed by atoms with Crippen molar-refractivity contribution in [3.05, 3.63) is 24.3 Å². The first-order valence-corrected chi connectivity index (χ1v) is 5.34. The predicted molar refractivity (Wildman–Crippen MR) is 65.8 cm³/mol. The van der Waals surface area contributed by atoms with Gasteiger partial charge in [-0.25, -0.2) is 4.98 Å². The van der Waals surface area contributed by atoms with Crippen LogP contribution in [0, 0.1) is 0 Å². The summed E-state index contributed by atoms with van der Waals surface area (Å²) in [5, 5.41) is 2.69. The zero-order chi connectivity index (χ0) is 12.5. The molecule has 0 saturated carbocycles. The zero-order valence-corrected chi connectivity index (χ0v) is 10.1. The van der Waals surface area contributed by atoms with E-state index in [1.54, 1.807) is 13.8 Å². The van der Waals surface area contributed by atoms with E-state index in [1.807, 2.05) is 24.3 Å². The number of nitrogens with one attached hydrogen (secondary N) is 2. The van der Waals surface area contributed by atoms with Crippen LogP contribution in [-0.4, -0.2) is 28.6 Å². The molecule has 0 saturated heterocycles. The molecule has 0 spiro atoms. The molecule has 0 atom stereocenters. The SMILES string of the molecule is COC(C)(C)C(=O)Nc1nc2ccccc2[nH]1. The number of carbonyl (C=O) groups excluding carboxylic acids is 1. The number of methoxy groups -OCH3 is 1. The lowest BCUT2D eigenvalue weighted by Crippen LogP contribution is -2.39. The van der Waals surface area contributed by atoms with Gasteiger partial charge in [0.15, 0.2) is 0 Å². The van der Waals surface area contributed by atoms with Gasteiger partial charge < -0.3 is 9.72 Å². The van der Waals surface area contributed by atoms with Gasteiger partial charge in [0.05, 0.1) is 11.0 Å². The zero-order valence-electron chi connectivity index (χ0n) is 10.1. The lowest BCUT2D eigenvalue weighted by atomic mass is 10.1. The molecule has 0 radical (unpaired) electrons. The highest BCUT2D eigenvalue weighted by Gasteiger charge is 2.27. The van der Waals surface area contributed by atoms with Crippen molar-refractivity contribution in [3.8, 4) is 0 Å². The van der Waals surface area contributed by atoms with Gasteiger partial charge in [0, 0.05) is 7.11 Å². The van der Waals surface area contributed by atoms with Gasteiger partial charge in [-0.15, -0.1) is 0 Å². The molecule has 0 aliphatic heterocycles. The molecule has 2 rings (SSSR count). The van der Waals surface area contributed by atoms with E-state index in [4.69, 9.17) is 4.74 Å². The topological polar surface area (TPSA) is 67.0 Å². The molecule has 2 aromatic rings. The van der Waals surface area contributed by atoms with Gasteiger partial charge >= 0.3 is 0 Å². The van der Waals surface area contributed by atoms with E-state index in [0.717, 1.165) is 11.0 Å². The lowest BCUT2D eigenvalue weighted by molar-refractivity contribution is -0.133. The van der Waals surface area contributed by atoms with Crippen LogP contribution in [0.15, 0.2) is 24.3 Å². The molecule has 1 aromatic carbocycles. The molecule has 1 aromatic heterocycles. The second-order valence-corrected chi connectivity index (χ2v) is 4.27. The average Bonchev–Trinajstić information content (AvgIpc) is 2.70. The van der Waals surface area contributed by atoms with Crippen LogP contribution < -0.4 is 5.32 Å². The Labute approximate surface area is 99.2 Å². The van der Waals surface area contributed by atoms with E-state index in [1.165, 1.54) is 7.11 Å². The molecular formula is C12H15N3O2. The monoisotopic (exact) mass is 233 g/mol. The largest absolute Gasteiger partial charge is 0.369 e. The van der Waals surface area contributed by atoms with Gasteiger partial charge in [0.25, 0.3) is 5.91 Å². The van der Waals surface area contributed by atoms with Crippen molar-refractivity contribution >= 4 is 22.9 Å². The first kappa shape index (κ1) is 11.6. The van der Waals surface area contributed by atoms with Crippen LogP contribution in [0.2, 0.25) is 0 Å². The summed E-state index contributed by atoms with van der Waals surface area (Å²) >= 11 is 0. The molecule has 1 amide bonds. The van der Waals surface area contributed by atoms with Gasteiger partial charge in [0.2, 0.25) is 5.95 Å². The second kappa shape index (κ2) is 4.18. The van der Waals surface area contributed by atoms with Crippen molar-refractivity contribution in [2.45, 2.75) is 19.4 Å². The van der Waals surface area contributed by atoms with E-state index in [-0.39, 0.29) is 5.91 Å². The summed E-state index contributed by atoms with van der Waals surface area (Å²) in [6.07, 6.45) is 0. The van der Waals surface area contributed by atoms with Crippen LogP contribution >= 0.6 is 0 Å². The Bertz CT molecular complexity index is 512. The van der Waals surface area contributed by atoms with Gasteiger partial charge in [0.1, 0.15) is 5.60 Å². The number of imidazole rings is 1. The Kier molecular flexibility index (Phi) is 2.85. The normalized spacial score (nSPS) is 11.7. The molecule has 90 valence electrons. The number of hydrogen-bond donors (Lipinski definition) is 2. The van der Waals surface area contributed by atoms with Crippen molar-refractivity contribution in [1.29, 1.82) is 0 Å². The number of amides is 1. The number of anilines is 1. The van der Waals surface area contributed by atoms with Crippen molar-refractivity contribution < 1.29 is 9.53 Å². The Balaban J connectivity index is 2.22. The summed E-state index contributed by atoms with van der Waals surface area (Å²) in [5.41, 5.74) is 0.829. The van der Waals surface area contributed by atoms with Gasteiger partial charge in [-0.3, -0.25) is 10.1 Å². The van der Waals surface area contributed by atoms with E-state index in [9.17, 15) is 4.79 Å². The maximum absolute atomic E-state index is 11.8. The molecule has 2 N–H and O–H groups in total. The summed E-state index contributed by atoms with van der Waals surface area (Å²) in [6.45, 7) is 3.40. The highest BCUT2D eigenvalue weighted by atomic mass is 16.5. The number of aromatic nitrogens is 2.